The van der Waals surface area contributed by atoms with Crippen molar-refractivity contribution < 1.29 is 4.74 Å². The Morgan fingerprint density at radius 2 is 2.22 bits per heavy atom. The predicted molar refractivity (Wildman–Crippen MR) is 71.9 cm³/mol. The molecule has 4 heteroatoms. The van der Waals surface area contributed by atoms with Crippen molar-refractivity contribution in [3.05, 3.63) is 17.7 Å². The van der Waals surface area contributed by atoms with Crippen LogP contribution in [0.4, 0.5) is 5.82 Å². The Morgan fingerprint density at radius 1 is 1.33 bits per heavy atom. The van der Waals surface area contributed by atoms with Crippen LogP contribution in [0.1, 0.15) is 31.2 Å². The van der Waals surface area contributed by atoms with Gasteiger partial charge in [-0.15, -0.1) is 0 Å². The maximum absolute atomic E-state index is 5.65. The zero-order valence-corrected chi connectivity index (χ0v) is 10.7. The third-order valence-electron chi connectivity index (χ3n) is 3.82. The van der Waals surface area contributed by atoms with Gasteiger partial charge in [-0.05, 0) is 30.9 Å². The largest absolute Gasteiger partial charge is 0.476 e. The smallest absolute Gasteiger partial charge is 0.219 e. The highest BCUT2D eigenvalue weighted by atomic mass is 16.5. The average Bonchev–Trinajstić information content (AvgIpc) is 2.80. The van der Waals surface area contributed by atoms with E-state index in [1.807, 2.05) is 0 Å². The summed E-state index contributed by atoms with van der Waals surface area (Å²) in [6.07, 6.45) is 5.49. The number of hydrogen-bond acceptors (Lipinski definition) is 4. The van der Waals surface area contributed by atoms with Crippen LogP contribution < -0.4 is 15.4 Å². The van der Waals surface area contributed by atoms with Gasteiger partial charge in [0.1, 0.15) is 12.4 Å². The van der Waals surface area contributed by atoms with Crippen molar-refractivity contribution in [2.45, 2.75) is 32.2 Å². The van der Waals surface area contributed by atoms with E-state index in [2.05, 4.69) is 27.8 Å². The van der Waals surface area contributed by atoms with Crippen molar-refractivity contribution >= 4 is 5.82 Å². The van der Waals surface area contributed by atoms with Crippen molar-refractivity contribution in [2.75, 3.05) is 25.0 Å². The Bertz CT molecular complexity index is 402. The van der Waals surface area contributed by atoms with E-state index < -0.39 is 0 Å². The summed E-state index contributed by atoms with van der Waals surface area (Å²) in [4.78, 5) is 4.56. The minimum Gasteiger partial charge on any atom is -0.476 e. The van der Waals surface area contributed by atoms with Crippen LogP contribution in [0, 0.1) is 5.92 Å². The fourth-order valence-corrected chi connectivity index (χ4v) is 2.73. The standard InChI is InChI=1S/C14H21N3O/c1-2-4-11(3-1)9-16-13-6-5-12-10-15-7-8-18-14(12)17-13/h5-6,11,15H,1-4,7-10H2,(H,16,17). The number of anilines is 1. The Balaban J connectivity index is 1.63. The lowest BCUT2D eigenvalue weighted by Gasteiger charge is -2.13. The molecule has 1 fully saturated rings. The summed E-state index contributed by atoms with van der Waals surface area (Å²) in [5, 5.41) is 6.76. The molecule has 98 valence electrons. The van der Waals surface area contributed by atoms with Gasteiger partial charge in [0.2, 0.25) is 5.88 Å². The molecule has 2 aliphatic rings. The van der Waals surface area contributed by atoms with Gasteiger partial charge in [-0.1, -0.05) is 12.8 Å². The number of pyridine rings is 1. The SMILES string of the molecule is c1cc2c(nc1NCC1CCCC1)OCCNC2. The van der Waals surface area contributed by atoms with Crippen LogP contribution in [-0.4, -0.2) is 24.7 Å². The van der Waals surface area contributed by atoms with E-state index in [1.54, 1.807) is 0 Å². The summed E-state index contributed by atoms with van der Waals surface area (Å²) in [5.74, 6) is 2.56. The number of nitrogens with zero attached hydrogens (tertiary/aromatic N) is 1. The summed E-state index contributed by atoms with van der Waals surface area (Å²) >= 11 is 0. The normalized spacial score (nSPS) is 20.0. The first kappa shape index (κ1) is 11.8. The molecule has 0 aromatic carbocycles. The van der Waals surface area contributed by atoms with E-state index in [4.69, 9.17) is 4.74 Å². The van der Waals surface area contributed by atoms with Gasteiger partial charge in [0.15, 0.2) is 0 Å². The van der Waals surface area contributed by atoms with Gasteiger partial charge in [-0.2, -0.15) is 4.98 Å². The van der Waals surface area contributed by atoms with E-state index in [-0.39, 0.29) is 0 Å². The van der Waals surface area contributed by atoms with Crippen LogP contribution >= 0.6 is 0 Å². The number of fused-ring (bicyclic) bond motifs is 1. The monoisotopic (exact) mass is 247 g/mol. The predicted octanol–water partition coefficient (Wildman–Crippen LogP) is 2.17. The van der Waals surface area contributed by atoms with Crippen molar-refractivity contribution in [1.82, 2.24) is 10.3 Å². The van der Waals surface area contributed by atoms with Crippen LogP contribution in [-0.2, 0) is 6.54 Å². The van der Waals surface area contributed by atoms with Gasteiger partial charge in [-0.25, -0.2) is 0 Å². The summed E-state index contributed by atoms with van der Waals surface area (Å²) in [6, 6.07) is 4.17. The molecule has 3 rings (SSSR count). The number of ether oxygens (including phenoxy) is 1. The van der Waals surface area contributed by atoms with E-state index in [9.17, 15) is 0 Å². The first-order valence-electron chi connectivity index (χ1n) is 6.99. The highest BCUT2D eigenvalue weighted by Crippen LogP contribution is 2.25. The van der Waals surface area contributed by atoms with Crippen molar-refractivity contribution in [3.63, 3.8) is 0 Å². The van der Waals surface area contributed by atoms with Crippen LogP contribution in [0.2, 0.25) is 0 Å². The van der Waals surface area contributed by atoms with Crippen LogP contribution in [0.15, 0.2) is 12.1 Å². The molecule has 0 radical (unpaired) electrons. The fourth-order valence-electron chi connectivity index (χ4n) is 2.73. The molecule has 1 aliphatic heterocycles. The second kappa shape index (κ2) is 5.57. The first-order valence-corrected chi connectivity index (χ1v) is 6.99. The first-order chi connectivity index (χ1) is 8.92. The molecular weight excluding hydrogens is 226 g/mol. The van der Waals surface area contributed by atoms with Gasteiger partial charge in [0, 0.05) is 25.2 Å². The van der Waals surface area contributed by atoms with Crippen molar-refractivity contribution in [1.29, 1.82) is 0 Å². The topological polar surface area (TPSA) is 46.2 Å². The molecule has 0 saturated heterocycles. The second-order valence-electron chi connectivity index (χ2n) is 5.22. The van der Waals surface area contributed by atoms with Crippen LogP contribution in [0.25, 0.3) is 0 Å². The summed E-state index contributed by atoms with van der Waals surface area (Å²) < 4.78 is 5.65. The molecule has 4 nitrogen and oxygen atoms in total. The minimum absolute atomic E-state index is 0.700. The summed E-state index contributed by atoms with van der Waals surface area (Å²) in [6.45, 7) is 3.49. The maximum Gasteiger partial charge on any atom is 0.219 e. The van der Waals surface area contributed by atoms with Gasteiger partial charge in [0.25, 0.3) is 0 Å². The van der Waals surface area contributed by atoms with E-state index in [0.29, 0.717) is 6.61 Å². The van der Waals surface area contributed by atoms with E-state index in [1.165, 1.54) is 25.7 Å². The Hall–Kier alpha value is -1.29. The quantitative estimate of drug-likeness (QED) is 0.859. The molecule has 0 bridgehead atoms. The van der Waals surface area contributed by atoms with Crippen LogP contribution in [0.3, 0.4) is 0 Å². The molecule has 1 aliphatic carbocycles. The van der Waals surface area contributed by atoms with Crippen molar-refractivity contribution in [2.24, 2.45) is 5.92 Å². The van der Waals surface area contributed by atoms with Crippen molar-refractivity contribution in [3.8, 4) is 5.88 Å². The van der Waals surface area contributed by atoms with E-state index >= 15 is 0 Å². The maximum atomic E-state index is 5.65. The highest BCUT2D eigenvalue weighted by molar-refractivity contribution is 5.41. The zero-order valence-electron chi connectivity index (χ0n) is 10.7. The Kier molecular flexibility index (Phi) is 3.64. The van der Waals surface area contributed by atoms with Gasteiger partial charge < -0.3 is 15.4 Å². The highest BCUT2D eigenvalue weighted by Gasteiger charge is 2.15. The van der Waals surface area contributed by atoms with Gasteiger partial charge in [0.05, 0.1) is 0 Å². The third kappa shape index (κ3) is 2.75. The number of aromatic nitrogens is 1. The molecule has 18 heavy (non-hydrogen) atoms. The third-order valence-corrected chi connectivity index (χ3v) is 3.82. The Morgan fingerprint density at radius 3 is 3.11 bits per heavy atom. The van der Waals surface area contributed by atoms with E-state index in [0.717, 1.165) is 42.8 Å². The molecule has 2 heterocycles. The van der Waals surface area contributed by atoms with Gasteiger partial charge >= 0.3 is 0 Å². The molecule has 0 atom stereocenters. The molecule has 1 aromatic rings. The lowest BCUT2D eigenvalue weighted by Crippen LogP contribution is -2.16. The zero-order chi connectivity index (χ0) is 12.2. The lowest BCUT2D eigenvalue weighted by atomic mass is 10.1. The average molecular weight is 247 g/mol. The summed E-state index contributed by atoms with van der Waals surface area (Å²) in [7, 11) is 0. The van der Waals surface area contributed by atoms with Gasteiger partial charge in [-0.3, -0.25) is 0 Å². The Labute approximate surface area is 108 Å². The summed E-state index contributed by atoms with van der Waals surface area (Å²) in [5.41, 5.74) is 1.15. The molecule has 1 saturated carbocycles. The minimum atomic E-state index is 0.700. The number of hydrogen-bond donors (Lipinski definition) is 2. The molecular formula is C14H21N3O. The fraction of sp³-hybridized carbons (Fsp3) is 0.643. The number of nitrogens with one attached hydrogen (secondary N) is 2. The lowest BCUT2D eigenvalue weighted by molar-refractivity contribution is 0.314. The van der Waals surface area contributed by atoms with Crippen LogP contribution in [0.5, 0.6) is 5.88 Å². The molecule has 1 aromatic heterocycles. The molecule has 0 spiro atoms. The second-order valence-corrected chi connectivity index (χ2v) is 5.22. The molecule has 2 N–H and O–H groups in total. The molecule has 0 unspecified atom stereocenters. The number of rotatable bonds is 3. The molecule has 0 amide bonds.